The Morgan fingerprint density at radius 1 is 1.15 bits per heavy atom. The normalized spacial score (nSPS) is 19.7. The van der Waals surface area contributed by atoms with Crippen LogP contribution in [-0.4, -0.2) is 60.4 Å². The Morgan fingerprint density at radius 3 is 2.46 bits per heavy atom. The topological polar surface area (TPSA) is 155 Å². The van der Waals surface area contributed by atoms with Gasteiger partial charge in [-0.3, -0.25) is 14.5 Å². The molecule has 0 unspecified atom stereocenters. The van der Waals surface area contributed by atoms with Crippen molar-refractivity contribution in [3.63, 3.8) is 0 Å². The smallest absolute Gasteiger partial charge is 0.395 e. The summed E-state index contributed by atoms with van der Waals surface area (Å²) in [5.41, 5.74) is 4.55. The molecular weight excluding hydrogens is 653 g/mol. The van der Waals surface area contributed by atoms with Gasteiger partial charge in [-0.1, -0.05) is 67.9 Å². The second-order valence-electron chi connectivity index (χ2n) is 13.3. The van der Waals surface area contributed by atoms with Gasteiger partial charge in [-0.15, -0.1) is 0 Å². The maximum atomic E-state index is 14.8. The summed E-state index contributed by atoms with van der Waals surface area (Å²) in [6.07, 6.45) is -1.49. The van der Waals surface area contributed by atoms with Crippen molar-refractivity contribution in [2.24, 2.45) is 21.6 Å². The Bertz CT molecular complexity index is 1840. The van der Waals surface area contributed by atoms with Crippen molar-refractivity contribution >= 4 is 29.4 Å². The number of alkyl halides is 3. The van der Waals surface area contributed by atoms with E-state index in [0.29, 0.717) is 33.2 Å². The third kappa shape index (κ3) is 6.25. The number of rotatable bonds is 10. The molecule has 1 amide bonds. The molecule has 2 atom stereocenters. The molecule has 0 spiro atoms. The van der Waals surface area contributed by atoms with Crippen LogP contribution in [0.5, 0.6) is 0 Å². The number of benzene rings is 2. The van der Waals surface area contributed by atoms with Crippen LogP contribution in [-0.2, 0) is 19.9 Å². The zero-order chi connectivity index (χ0) is 34.5. The standard InChI is InChI=1S/C32H32ClF3N8O4/c1-29(2,3)15-31(21-7-4-19(5-8-21)26-39-18-48-42-26)27(46)44(28(37)41-31)24(14-47-25(45)13-30(10-11-30)32(34,35)36)20-6-9-22(33)23(12-20)43-17-38-16-40-43/h4-9,12,16-18,24H,10-11,13-15H2,1-3H3,(H2,37,41)/t24-,31-/m1/s1. The summed E-state index contributed by atoms with van der Waals surface area (Å²) < 4.78 is 52.7. The minimum atomic E-state index is -4.54. The van der Waals surface area contributed by atoms with Gasteiger partial charge in [0.25, 0.3) is 5.91 Å². The van der Waals surface area contributed by atoms with Gasteiger partial charge >= 0.3 is 12.1 Å². The van der Waals surface area contributed by atoms with E-state index in [9.17, 15) is 22.8 Å². The molecule has 48 heavy (non-hydrogen) atoms. The fourth-order valence-electron chi connectivity index (χ4n) is 6.04. The van der Waals surface area contributed by atoms with Gasteiger partial charge in [0.2, 0.25) is 12.2 Å². The summed E-state index contributed by atoms with van der Waals surface area (Å²) in [4.78, 5) is 41.7. The number of hydrogen-bond donors (Lipinski definition) is 1. The van der Waals surface area contributed by atoms with Crippen LogP contribution in [0, 0.1) is 10.8 Å². The lowest BCUT2D eigenvalue weighted by Crippen LogP contribution is -2.47. The first-order valence-corrected chi connectivity index (χ1v) is 15.4. The molecule has 252 valence electrons. The predicted molar refractivity (Wildman–Crippen MR) is 166 cm³/mol. The number of nitrogens with two attached hydrogens (primary N) is 1. The van der Waals surface area contributed by atoms with Crippen molar-refractivity contribution in [2.45, 2.75) is 64.2 Å². The Kier molecular flexibility index (Phi) is 8.30. The van der Waals surface area contributed by atoms with Gasteiger partial charge in [-0.25, -0.2) is 14.7 Å². The molecule has 2 aliphatic rings. The van der Waals surface area contributed by atoms with Crippen LogP contribution in [0.4, 0.5) is 13.2 Å². The van der Waals surface area contributed by atoms with Gasteiger partial charge in [0.15, 0.2) is 11.5 Å². The van der Waals surface area contributed by atoms with E-state index in [-0.39, 0.29) is 25.2 Å². The molecule has 2 aromatic carbocycles. The van der Waals surface area contributed by atoms with E-state index in [1.165, 1.54) is 28.6 Å². The second-order valence-corrected chi connectivity index (χ2v) is 13.7. The molecule has 2 aromatic heterocycles. The molecule has 1 aliphatic carbocycles. The first kappa shape index (κ1) is 33.1. The first-order valence-electron chi connectivity index (χ1n) is 15.1. The van der Waals surface area contributed by atoms with E-state index in [1.807, 2.05) is 20.8 Å². The predicted octanol–water partition coefficient (Wildman–Crippen LogP) is 5.78. The van der Waals surface area contributed by atoms with Crippen LogP contribution < -0.4 is 5.73 Å². The highest BCUT2D eigenvalue weighted by Gasteiger charge is 2.64. The third-order valence-corrected chi connectivity index (χ3v) is 8.88. The van der Waals surface area contributed by atoms with E-state index in [2.05, 4.69) is 20.2 Å². The molecule has 1 saturated carbocycles. The number of halogens is 4. The van der Waals surface area contributed by atoms with Gasteiger partial charge < -0.3 is 15.0 Å². The van der Waals surface area contributed by atoms with Crippen molar-refractivity contribution in [2.75, 3.05) is 6.61 Å². The molecule has 12 nitrogen and oxygen atoms in total. The van der Waals surface area contributed by atoms with Crippen LogP contribution in [0.1, 0.15) is 63.6 Å². The van der Waals surface area contributed by atoms with E-state index in [4.69, 9.17) is 31.6 Å². The molecular formula is C32H32ClF3N8O4. The Labute approximate surface area is 278 Å². The number of ether oxygens (including phenoxy) is 1. The molecule has 4 aromatic rings. The monoisotopic (exact) mass is 684 g/mol. The highest BCUT2D eigenvalue weighted by Crippen LogP contribution is 2.60. The van der Waals surface area contributed by atoms with Crippen molar-refractivity contribution in [1.82, 2.24) is 29.8 Å². The molecule has 1 fully saturated rings. The summed E-state index contributed by atoms with van der Waals surface area (Å²) in [6.45, 7) is 5.37. The number of carbonyl (C=O) groups excluding carboxylic acids is 2. The van der Waals surface area contributed by atoms with Gasteiger partial charge in [0.1, 0.15) is 19.3 Å². The summed E-state index contributed by atoms with van der Waals surface area (Å²) in [7, 11) is 0. The molecule has 2 N–H and O–H groups in total. The molecule has 0 radical (unpaired) electrons. The second kappa shape index (κ2) is 12.0. The van der Waals surface area contributed by atoms with Crippen LogP contribution in [0.25, 0.3) is 17.1 Å². The van der Waals surface area contributed by atoms with E-state index in [0.717, 1.165) is 0 Å². The minimum absolute atomic E-state index is 0.154. The van der Waals surface area contributed by atoms with Gasteiger partial charge in [-0.2, -0.15) is 23.3 Å². The Morgan fingerprint density at radius 2 is 1.88 bits per heavy atom. The average Bonchev–Trinajstić information content (AvgIpc) is 3.36. The van der Waals surface area contributed by atoms with Crippen LogP contribution in [0.3, 0.4) is 0 Å². The molecule has 0 bridgehead atoms. The number of nitrogens with zero attached hydrogens (tertiary/aromatic N) is 7. The SMILES string of the molecule is CC(C)(C)C[C@]1(c2ccc(-c3ncon3)cc2)N=C(N)N([C@H](COC(=O)CC2(C(F)(F)F)CC2)c2ccc(Cl)c(-n3cncn3)c2)C1=O. The lowest BCUT2D eigenvalue weighted by Gasteiger charge is -2.35. The zero-order valence-electron chi connectivity index (χ0n) is 26.2. The fraction of sp³-hybridized carbons (Fsp3) is 0.406. The molecule has 1 aliphatic heterocycles. The number of esters is 1. The number of guanidine groups is 1. The number of aromatic nitrogens is 5. The number of amides is 1. The number of carbonyl (C=O) groups is 2. The third-order valence-electron chi connectivity index (χ3n) is 8.56. The quantitative estimate of drug-likeness (QED) is 0.205. The summed E-state index contributed by atoms with van der Waals surface area (Å²) in [6, 6.07) is 10.7. The van der Waals surface area contributed by atoms with E-state index < -0.39 is 53.5 Å². The van der Waals surface area contributed by atoms with Crippen molar-refractivity contribution in [1.29, 1.82) is 0 Å². The van der Waals surface area contributed by atoms with Crippen molar-refractivity contribution in [3.8, 4) is 17.1 Å². The maximum Gasteiger partial charge on any atom is 0.395 e. The van der Waals surface area contributed by atoms with E-state index >= 15 is 0 Å². The number of aliphatic imine (C=N–C) groups is 1. The zero-order valence-corrected chi connectivity index (χ0v) is 27.0. The number of hydrogen-bond acceptors (Lipinski definition) is 10. The van der Waals surface area contributed by atoms with Gasteiger partial charge in [0, 0.05) is 5.56 Å². The highest BCUT2D eigenvalue weighted by molar-refractivity contribution is 6.32. The van der Waals surface area contributed by atoms with Crippen molar-refractivity contribution < 1.29 is 32.0 Å². The Hall–Kier alpha value is -4.79. The first-order chi connectivity index (χ1) is 22.6. The summed E-state index contributed by atoms with van der Waals surface area (Å²) >= 11 is 6.48. The van der Waals surface area contributed by atoms with Crippen molar-refractivity contribution in [3.05, 3.63) is 77.7 Å². The molecule has 16 heteroatoms. The highest BCUT2D eigenvalue weighted by atomic mass is 35.5. The van der Waals surface area contributed by atoms with Crippen LogP contribution >= 0.6 is 11.6 Å². The molecule has 0 saturated heterocycles. The molecule has 3 heterocycles. The van der Waals surface area contributed by atoms with Gasteiger partial charge in [-0.05, 0) is 47.9 Å². The largest absolute Gasteiger partial charge is 0.463 e. The summed E-state index contributed by atoms with van der Waals surface area (Å²) in [5, 5.41) is 8.30. The van der Waals surface area contributed by atoms with Crippen LogP contribution in [0.2, 0.25) is 5.02 Å². The maximum absolute atomic E-state index is 14.8. The average molecular weight is 685 g/mol. The van der Waals surface area contributed by atoms with Gasteiger partial charge in [0.05, 0.1) is 28.6 Å². The molecule has 6 rings (SSSR count). The minimum Gasteiger partial charge on any atom is -0.463 e. The fourth-order valence-corrected chi connectivity index (χ4v) is 6.25. The lowest BCUT2D eigenvalue weighted by atomic mass is 9.75. The van der Waals surface area contributed by atoms with Crippen LogP contribution in [0.15, 0.2) is 71.0 Å². The Balaban J connectivity index is 1.38. The summed E-state index contributed by atoms with van der Waals surface area (Å²) in [5.74, 6) is -1.34. The lowest BCUT2D eigenvalue weighted by molar-refractivity contribution is -0.195. The van der Waals surface area contributed by atoms with E-state index in [1.54, 1.807) is 42.5 Å².